The van der Waals surface area contributed by atoms with Gasteiger partial charge in [-0.25, -0.2) is 0 Å². The molecule has 0 aliphatic rings. The van der Waals surface area contributed by atoms with Crippen LogP contribution in [0.2, 0.25) is 4.34 Å². The predicted octanol–water partition coefficient (Wildman–Crippen LogP) is 3.45. The zero-order valence-corrected chi connectivity index (χ0v) is 13.1. The molecule has 0 aromatic carbocycles. The molecular formula is C11H15BrClNO2S. The first kappa shape index (κ1) is 15.0. The highest BCUT2D eigenvalue weighted by Gasteiger charge is 2.22. The molecule has 1 rings (SSSR count). The molecule has 0 aliphatic carbocycles. The lowest BCUT2D eigenvalue weighted by molar-refractivity contribution is -0.144. The molecule has 0 saturated carbocycles. The summed E-state index contributed by atoms with van der Waals surface area (Å²) in [5.41, 5.74) is 0. The van der Waals surface area contributed by atoms with Crippen LogP contribution in [-0.4, -0.2) is 19.1 Å². The molecule has 0 spiro atoms. The molecule has 0 fully saturated rings. The quantitative estimate of drug-likeness (QED) is 0.834. The van der Waals surface area contributed by atoms with Crippen molar-refractivity contribution < 1.29 is 9.53 Å². The van der Waals surface area contributed by atoms with Crippen LogP contribution < -0.4 is 5.32 Å². The second-order valence-corrected chi connectivity index (χ2v) is 6.55. The average molecular weight is 341 g/mol. The van der Waals surface area contributed by atoms with Crippen LogP contribution in [0.25, 0.3) is 0 Å². The normalized spacial score (nSPS) is 12.8. The van der Waals surface area contributed by atoms with Crippen LogP contribution in [0.3, 0.4) is 0 Å². The third-order valence-electron chi connectivity index (χ3n) is 2.31. The lowest BCUT2D eigenvalue weighted by Crippen LogP contribution is -2.41. The third kappa shape index (κ3) is 4.25. The molecule has 1 atom stereocenters. The summed E-state index contributed by atoms with van der Waals surface area (Å²) in [4.78, 5) is 12.6. The smallest absolute Gasteiger partial charge is 0.323 e. The van der Waals surface area contributed by atoms with Crippen LogP contribution in [0.1, 0.15) is 18.7 Å². The highest BCUT2D eigenvalue weighted by molar-refractivity contribution is 9.10. The minimum atomic E-state index is -0.292. The number of hydrogen-bond acceptors (Lipinski definition) is 4. The molecule has 0 saturated heterocycles. The van der Waals surface area contributed by atoms with Gasteiger partial charge in [0.2, 0.25) is 0 Å². The number of carbonyl (C=O) groups is 1. The molecule has 0 amide bonds. The van der Waals surface area contributed by atoms with Crippen LogP contribution in [-0.2, 0) is 16.1 Å². The zero-order chi connectivity index (χ0) is 13.0. The average Bonchev–Trinajstić information content (AvgIpc) is 2.57. The third-order valence-corrected chi connectivity index (χ3v) is 4.79. The Hall–Kier alpha value is -0.100. The standard InChI is InChI=1S/C11H15BrClNO2S/c1-6(2)9(11(15)16-3)14-5-7-4-8(12)10(13)17-7/h4,6,9,14H,5H2,1-3H3. The minimum absolute atomic E-state index is 0.182. The van der Waals surface area contributed by atoms with Gasteiger partial charge in [-0.1, -0.05) is 25.4 Å². The molecule has 0 bridgehead atoms. The van der Waals surface area contributed by atoms with Crippen molar-refractivity contribution >= 4 is 44.8 Å². The summed E-state index contributed by atoms with van der Waals surface area (Å²) in [6.45, 7) is 4.56. The van der Waals surface area contributed by atoms with Gasteiger partial charge in [0.25, 0.3) is 0 Å². The van der Waals surface area contributed by atoms with Gasteiger partial charge in [-0.15, -0.1) is 11.3 Å². The van der Waals surface area contributed by atoms with Crippen molar-refractivity contribution in [1.29, 1.82) is 0 Å². The summed E-state index contributed by atoms with van der Waals surface area (Å²) in [7, 11) is 1.40. The van der Waals surface area contributed by atoms with Gasteiger partial charge in [0.1, 0.15) is 10.4 Å². The monoisotopic (exact) mass is 339 g/mol. The van der Waals surface area contributed by atoms with Crippen molar-refractivity contribution in [3.8, 4) is 0 Å². The lowest BCUT2D eigenvalue weighted by Gasteiger charge is -2.19. The fraction of sp³-hybridized carbons (Fsp3) is 0.545. The number of ether oxygens (including phenoxy) is 1. The Morgan fingerprint density at radius 3 is 2.71 bits per heavy atom. The van der Waals surface area contributed by atoms with E-state index >= 15 is 0 Å². The van der Waals surface area contributed by atoms with E-state index in [2.05, 4.69) is 21.2 Å². The van der Waals surface area contributed by atoms with E-state index in [1.165, 1.54) is 18.4 Å². The Morgan fingerprint density at radius 2 is 2.29 bits per heavy atom. The summed E-state index contributed by atoms with van der Waals surface area (Å²) in [5.74, 6) is -0.0527. The summed E-state index contributed by atoms with van der Waals surface area (Å²) < 4.78 is 6.37. The van der Waals surface area contributed by atoms with Gasteiger partial charge in [0, 0.05) is 15.9 Å². The molecule has 96 valence electrons. The Kier molecular flexibility index (Phi) is 5.92. The molecule has 0 aliphatic heterocycles. The van der Waals surface area contributed by atoms with Gasteiger partial charge in [-0.2, -0.15) is 0 Å². The SMILES string of the molecule is COC(=O)C(NCc1cc(Br)c(Cl)s1)C(C)C. The maximum atomic E-state index is 11.5. The fourth-order valence-electron chi connectivity index (χ4n) is 1.41. The second-order valence-electron chi connectivity index (χ2n) is 3.96. The number of carbonyl (C=O) groups excluding carboxylic acids is 1. The number of rotatable bonds is 5. The van der Waals surface area contributed by atoms with E-state index in [4.69, 9.17) is 16.3 Å². The minimum Gasteiger partial charge on any atom is -0.468 e. The van der Waals surface area contributed by atoms with E-state index < -0.39 is 0 Å². The van der Waals surface area contributed by atoms with Gasteiger partial charge in [0.15, 0.2) is 0 Å². The van der Waals surface area contributed by atoms with Crippen molar-refractivity contribution in [2.75, 3.05) is 7.11 Å². The van der Waals surface area contributed by atoms with E-state index in [1.807, 2.05) is 19.9 Å². The maximum Gasteiger partial charge on any atom is 0.323 e. The number of hydrogen-bond donors (Lipinski definition) is 1. The highest BCUT2D eigenvalue weighted by atomic mass is 79.9. The van der Waals surface area contributed by atoms with Crippen molar-refractivity contribution in [2.45, 2.75) is 26.4 Å². The Morgan fingerprint density at radius 1 is 1.65 bits per heavy atom. The molecule has 1 unspecified atom stereocenters. The maximum absolute atomic E-state index is 11.5. The van der Waals surface area contributed by atoms with Gasteiger partial charge < -0.3 is 4.74 Å². The Balaban J connectivity index is 2.61. The topological polar surface area (TPSA) is 38.3 Å². The van der Waals surface area contributed by atoms with E-state index in [0.29, 0.717) is 6.54 Å². The van der Waals surface area contributed by atoms with E-state index in [1.54, 1.807) is 0 Å². The van der Waals surface area contributed by atoms with E-state index in [9.17, 15) is 4.79 Å². The molecule has 1 N–H and O–H groups in total. The van der Waals surface area contributed by atoms with Crippen molar-refractivity contribution in [3.63, 3.8) is 0 Å². The van der Waals surface area contributed by atoms with Crippen LogP contribution >= 0.6 is 38.9 Å². The van der Waals surface area contributed by atoms with Crippen LogP contribution in [0.5, 0.6) is 0 Å². The summed E-state index contributed by atoms with van der Waals surface area (Å²) in [6, 6.07) is 1.66. The summed E-state index contributed by atoms with van der Waals surface area (Å²) in [6.07, 6.45) is 0. The van der Waals surface area contributed by atoms with Crippen molar-refractivity contribution in [2.24, 2.45) is 5.92 Å². The Bertz CT molecular complexity index is 375. The number of methoxy groups -OCH3 is 1. The first-order valence-corrected chi connectivity index (χ1v) is 7.19. The van der Waals surface area contributed by atoms with Crippen LogP contribution in [0, 0.1) is 5.92 Å². The number of thiophene rings is 1. The van der Waals surface area contributed by atoms with Gasteiger partial charge in [0.05, 0.1) is 7.11 Å². The Labute approximate surface area is 119 Å². The van der Waals surface area contributed by atoms with Crippen LogP contribution in [0.15, 0.2) is 10.5 Å². The lowest BCUT2D eigenvalue weighted by atomic mass is 10.0. The molecular weight excluding hydrogens is 326 g/mol. The molecule has 0 radical (unpaired) electrons. The predicted molar refractivity (Wildman–Crippen MR) is 74.5 cm³/mol. The first-order valence-electron chi connectivity index (χ1n) is 5.20. The molecule has 1 aromatic heterocycles. The number of esters is 1. The number of halogens is 2. The highest BCUT2D eigenvalue weighted by Crippen LogP contribution is 2.31. The van der Waals surface area contributed by atoms with E-state index in [0.717, 1.165) is 13.7 Å². The molecule has 3 nitrogen and oxygen atoms in total. The van der Waals surface area contributed by atoms with E-state index in [-0.39, 0.29) is 17.9 Å². The van der Waals surface area contributed by atoms with Gasteiger partial charge >= 0.3 is 5.97 Å². The van der Waals surface area contributed by atoms with Crippen molar-refractivity contribution in [3.05, 3.63) is 19.8 Å². The molecule has 6 heteroatoms. The molecule has 1 aromatic rings. The van der Waals surface area contributed by atoms with Gasteiger partial charge in [-0.05, 0) is 27.9 Å². The number of nitrogens with one attached hydrogen (secondary N) is 1. The molecule has 17 heavy (non-hydrogen) atoms. The van der Waals surface area contributed by atoms with Crippen molar-refractivity contribution in [1.82, 2.24) is 5.32 Å². The fourth-order valence-corrected chi connectivity index (χ4v) is 3.15. The first-order chi connectivity index (χ1) is 7.95. The second kappa shape index (κ2) is 6.73. The van der Waals surface area contributed by atoms with Gasteiger partial charge in [-0.3, -0.25) is 10.1 Å². The molecule has 1 heterocycles. The largest absolute Gasteiger partial charge is 0.468 e. The van der Waals surface area contributed by atoms with Crippen LogP contribution in [0.4, 0.5) is 0 Å². The zero-order valence-electron chi connectivity index (χ0n) is 9.92. The summed E-state index contributed by atoms with van der Waals surface area (Å²) >= 11 is 10.8. The summed E-state index contributed by atoms with van der Waals surface area (Å²) in [5, 5.41) is 3.18.